The molecule has 0 spiro atoms. The van der Waals surface area contributed by atoms with Crippen molar-refractivity contribution in [1.82, 2.24) is 0 Å². The smallest absolute Gasteiger partial charge is 0.142 e. The molecule has 0 aliphatic heterocycles. The van der Waals surface area contributed by atoms with Crippen LogP contribution in [0, 0.1) is 6.92 Å². The second-order valence-corrected chi connectivity index (χ2v) is 4.49. The lowest BCUT2D eigenvalue weighted by Crippen LogP contribution is -1.93. The molecule has 2 aromatic carbocycles. The summed E-state index contributed by atoms with van der Waals surface area (Å²) in [4.78, 5) is 5.37. The van der Waals surface area contributed by atoms with Crippen molar-refractivity contribution >= 4 is 6.21 Å². The maximum Gasteiger partial charge on any atom is 0.142 e. The molecule has 2 heteroatoms. The van der Waals surface area contributed by atoms with Crippen LogP contribution in [0.3, 0.4) is 0 Å². The zero-order valence-electron chi connectivity index (χ0n) is 11.5. The summed E-state index contributed by atoms with van der Waals surface area (Å²) in [5, 5.41) is 4.06. The molecule has 0 atom stereocenters. The molecule has 0 saturated heterocycles. The average Bonchev–Trinajstić information content (AvgIpc) is 2.45. The SMILES string of the molecule is CCc1ccccc1C=NOCc1ccccc1C. The Bertz CT molecular complexity index is 561. The molecule has 0 heterocycles. The standard InChI is InChI=1S/C17H19NO/c1-3-15-9-6-7-10-16(15)12-18-19-13-17-11-5-4-8-14(17)2/h4-12H,3,13H2,1-2H3. The molecular formula is C17H19NO. The van der Waals surface area contributed by atoms with Crippen LogP contribution in [0.15, 0.2) is 53.7 Å². The monoisotopic (exact) mass is 253 g/mol. The minimum atomic E-state index is 0.511. The van der Waals surface area contributed by atoms with Crippen molar-refractivity contribution in [2.75, 3.05) is 0 Å². The lowest BCUT2D eigenvalue weighted by atomic mass is 10.1. The predicted molar refractivity (Wildman–Crippen MR) is 79.4 cm³/mol. The topological polar surface area (TPSA) is 21.6 Å². The molecule has 0 fully saturated rings. The Morgan fingerprint density at radius 1 is 1.00 bits per heavy atom. The molecule has 2 aromatic rings. The van der Waals surface area contributed by atoms with E-state index in [1.165, 1.54) is 16.7 Å². The summed E-state index contributed by atoms with van der Waals surface area (Å²) in [6.45, 7) is 4.73. The quantitative estimate of drug-likeness (QED) is 0.580. The molecule has 2 rings (SSSR count). The predicted octanol–water partition coefficient (Wildman–Crippen LogP) is 4.11. The minimum Gasteiger partial charge on any atom is -0.391 e. The summed E-state index contributed by atoms with van der Waals surface area (Å²) in [5.41, 5.74) is 4.80. The van der Waals surface area contributed by atoms with E-state index in [-0.39, 0.29) is 0 Å². The Hall–Kier alpha value is -2.09. The van der Waals surface area contributed by atoms with Gasteiger partial charge in [0.15, 0.2) is 0 Å². The molecule has 0 bridgehead atoms. The zero-order valence-corrected chi connectivity index (χ0v) is 11.5. The third kappa shape index (κ3) is 3.68. The van der Waals surface area contributed by atoms with E-state index >= 15 is 0 Å². The van der Waals surface area contributed by atoms with Crippen LogP contribution in [0.4, 0.5) is 0 Å². The summed E-state index contributed by atoms with van der Waals surface area (Å²) >= 11 is 0. The first kappa shape index (κ1) is 13.3. The second kappa shape index (κ2) is 6.74. The number of hydrogen-bond donors (Lipinski definition) is 0. The van der Waals surface area contributed by atoms with E-state index in [1.54, 1.807) is 6.21 Å². The third-order valence-electron chi connectivity index (χ3n) is 3.18. The highest BCUT2D eigenvalue weighted by molar-refractivity contribution is 5.81. The number of nitrogens with zero attached hydrogens (tertiary/aromatic N) is 1. The first-order chi connectivity index (χ1) is 9.31. The summed E-state index contributed by atoms with van der Waals surface area (Å²) < 4.78 is 0. The van der Waals surface area contributed by atoms with E-state index in [9.17, 15) is 0 Å². The molecule has 0 amide bonds. The van der Waals surface area contributed by atoms with Crippen LogP contribution in [0.5, 0.6) is 0 Å². The minimum absolute atomic E-state index is 0.511. The van der Waals surface area contributed by atoms with Gasteiger partial charge in [-0.05, 0) is 35.6 Å². The fourth-order valence-electron chi connectivity index (χ4n) is 1.96. The maximum atomic E-state index is 5.37. The van der Waals surface area contributed by atoms with E-state index in [4.69, 9.17) is 4.84 Å². The summed E-state index contributed by atoms with van der Waals surface area (Å²) in [6.07, 6.45) is 2.79. The lowest BCUT2D eigenvalue weighted by molar-refractivity contribution is 0.131. The summed E-state index contributed by atoms with van der Waals surface area (Å²) in [6, 6.07) is 16.4. The number of hydrogen-bond acceptors (Lipinski definition) is 2. The van der Waals surface area contributed by atoms with Crippen LogP contribution in [-0.4, -0.2) is 6.21 Å². The van der Waals surface area contributed by atoms with Gasteiger partial charge in [0.2, 0.25) is 0 Å². The van der Waals surface area contributed by atoms with Crippen molar-refractivity contribution in [3.8, 4) is 0 Å². The van der Waals surface area contributed by atoms with Gasteiger partial charge in [-0.3, -0.25) is 0 Å². The lowest BCUT2D eigenvalue weighted by Gasteiger charge is -2.04. The van der Waals surface area contributed by atoms with Gasteiger partial charge in [0.1, 0.15) is 6.61 Å². The van der Waals surface area contributed by atoms with Crippen LogP contribution in [0.25, 0.3) is 0 Å². The van der Waals surface area contributed by atoms with Crippen LogP contribution < -0.4 is 0 Å². The Kier molecular flexibility index (Phi) is 4.73. The maximum absolute atomic E-state index is 5.37. The molecule has 0 radical (unpaired) electrons. The summed E-state index contributed by atoms with van der Waals surface area (Å²) in [7, 11) is 0. The normalized spacial score (nSPS) is 10.8. The molecule has 0 unspecified atom stereocenters. The van der Waals surface area contributed by atoms with Crippen molar-refractivity contribution in [2.45, 2.75) is 26.9 Å². The molecule has 98 valence electrons. The fraction of sp³-hybridized carbons (Fsp3) is 0.235. The number of rotatable bonds is 5. The molecule has 19 heavy (non-hydrogen) atoms. The Labute approximate surface area is 114 Å². The third-order valence-corrected chi connectivity index (χ3v) is 3.18. The number of aryl methyl sites for hydroxylation is 2. The van der Waals surface area contributed by atoms with Crippen LogP contribution >= 0.6 is 0 Å². The van der Waals surface area contributed by atoms with E-state index in [1.807, 2.05) is 24.3 Å². The average molecular weight is 253 g/mol. The number of benzene rings is 2. The van der Waals surface area contributed by atoms with Crippen molar-refractivity contribution in [2.24, 2.45) is 5.16 Å². The second-order valence-electron chi connectivity index (χ2n) is 4.49. The van der Waals surface area contributed by atoms with Crippen molar-refractivity contribution in [3.63, 3.8) is 0 Å². The van der Waals surface area contributed by atoms with Crippen molar-refractivity contribution in [3.05, 3.63) is 70.8 Å². The molecular weight excluding hydrogens is 234 g/mol. The summed E-state index contributed by atoms with van der Waals surface area (Å²) in [5.74, 6) is 0. The van der Waals surface area contributed by atoms with Crippen LogP contribution in [0.1, 0.15) is 29.2 Å². The highest BCUT2D eigenvalue weighted by Crippen LogP contribution is 2.09. The molecule has 0 aromatic heterocycles. The fourth-order valence-corrected chi connectivity index (χ4v) is 1.96. The van der Waals surface area contributed by atoms with Gasteiger partial charge < -0.3 is 4.84 Å². The van der Waals surface area contributed by atoms with E-state index in [0.717, 1.165) is 12.0 Å². The van der Waals surface area contributed by atoms with Gasteiger partial charge in [-0.2, -0.15) is 0 Å². The van der Waals surface area contributed by atoms with Gasteiger partial charge in [-0.1, -0.05) is 60.6 Å². The first-order valence-electron chi connectivity index (χ1n) is 6.59. The highest BCUT2D eigenvalue weighted by atomic mass is 16.6. The van der Waals surface area contributed by atoms with Gasteiger partial charge in [0.25, 0.3) is 0 Å². The largest absolute Gasteiger partial charge is 0.391 e. The molecule has 2 nitrogen and oxygen atoms in total. The molecule has 0 aliphatic rings. The molecule has 0 saturated carbocycles. The van der Waals surface area contributed by atoms with E-state index in [0.29, 0.717) is 6.61 Å². The van der Waals surface area contributed by atoms with E-state index < -0.39 is 0 Å². The van der Waals surface area contributed by atoms with Crippen LogP contribution in [0.2, 0.25) is 0 Å². The van der Waals surface area contributed by atoms with Crippen molar-refractivity contribution in [1.29, 1.82) is 0 Å². The highest BCUT2D eigenvalue weighted by Gasteiger charge is 1.97. The zero-order chi connectivity index (χ0) is 13.5. The van der Waals surface area contributed by atoms with E-state index in [2.05, 4.69) is 43.3 Å². The Morgan fingerprint density at radius 2 is 1.68 bits per heavy atom. The van der Waals surface area contributed by atoms with Gasteiger partial charge in [0.05, 0.1) is 6.21 Å². The first-order valence-corrected chi connectivity index (χ1v) is 6.59. The van der Waals surface area contributed by atoms with Gasteiger partial charge in [-0.15, -0.1) is 0 Å². The van der Waals surface area contributed by atoms with Crippen LogP contribution in [-0.2, 0) is 17.9 Å². The molecule has 0 aliphatic carbocycles. The number of oxime groups is 1. The Morgan fingerprint density at radius 3 is 2.42 bits per heavy atom. The van der Waals surface area contributed by atoms with Gasteiger partial charge >= 0.3 is 0 Å². The van der Waals surface area contributed by atoms with Crippen molar-refractivity contribution < 1.29 is 4.84 Å². The molecule has 0 N–H and O–H groups in total. The van der Waals surface area contributed by atoms with Gasteiger partial charge in [0, 0.05) is 0 Å². The Balaban J connectivity index is 1.96. The van der Waals surface area contributed by atoms with Gasteiger partial charge in [-0.25, -0.2) is 0 Å².